The van der Waals surface area contributed by atoms with Crippen molar-refractivity contribution in [1.82, 2.24) is 19.3 Å². The third-order valence-corrected chi connectivity index (χ3v) is 7.33. The van der Waals surface area contributed by atoms with E-state index >= 15 is 0 Å². The van der Waals surface area contributed by atoms with E-state index in [0.29, 0.717) is 56.2 Å². The molecule has 6 rings (SSSR count). The molecule has 0 aromatic carbocycles. The van der Waals surface area contributed by atoms with Crippen LogP contribution in [0.15, 0.2) is 12.3 Å². The van der Waals surface area contributed by atoms with Gasteiger partial charge in [-0.15, -0.1) is 0 Å². The van der Waals surface area contributed by atoms with E-state index in [4.69, 9.17) is 15.6 Å². The first-order valence-electron chi connectivity index (χ1n) is 10.3. The summed E-state index contributed by atoms with van der Waals surface area (Å²) in [6.07, 6.45) is -1.05. The topological polar surface area (TPSA) is 108 Å². The Hall–Kier alpha value is -2.40. The predicted molar refractivity (Wildman–Crippen MR) is 102 cm³/mol. The second-order valence-electron chi connectivity index (χ2n) is 9.28. The van der Waals surface area contributed by atoms with Crippen molar-refractivity contribution in [3.05, 3.63) is 23.8 Å². The van der Waals surface area contributed by atoms with Gasteiger partial charge in [0.2, 0.25) is 11.5 Å². The predicted octanol–water partition coefficient (Wildman–Crippen LogP) is 2.36. The minimum Gasteiger partial charge on any atom is -0.374 e. The summed E-state index contributed by atoms with van der Waals surface area (Å²) >= 11 is 0. The molecule has 3 aliphatic heterocycles. The van der Waals surface area contributed by atoms with Crippen molar-refractivity contribution in [1.29, 1.82) is 0 Å². The average molecular weight is 439 g/mol. The minimum atomic E-state index is -4.86. The lowest BCUT2D eigenvalue weighted by Crippen LogP contribution is -2.54. The molecule has 2 saturated heterocycles. The van der Waals surface area contributed by atoms with E-state index in [2.05, 4.69) is 4.98 Å². The van der Waals surface area contributed by atoms with E-state index in [9.17, 15) is 23.1 Å². The largest absolute Gasteiger partial charge is 0.424 e. The number of rotatable bonds is 3. The zero-order chi connectivity index (χ0) is 22.4. The van der Waals surface area contributed by atoms with Crippen LogP contribution < -0.4 is 5.73 Å². The normalized spacial score (nSPS) is 31.7. The molecule has 5 heterocycles. The highest BCUT2D eigenvalue weighted by molar-refractivity contribution is 5.81. The van der Waals surface area contributed by atoms with Crippen molar-refractivity contribution >= 4 is 5.91 Å². The van der Waals surface area contributed by atoms with E-state index in [1.165, 1.54) is 10.8 Å². The lowest BCUT2D eigenvalue weighted by atomic mass is 9.65. The standard InChI is InChI=1S/C20H24F3N5O3/c1-11-9-27-12(13-8-25-16(28(11)13)17(2,30)20(21,22)23)7-14(26-27)19-5-3-18(4-6-19,10-31-19)15(24)29/h7-8,11,30H,3-6,9-10H2,1-2H3,(H2,24,29)/t11-,17+,18?,19?/m0/s1. The van der Waals surface area contributed by atoms with Gasteiger partial charge in [-0.2, -0.15) is 18.3 Å². The molecule has 0 radical (unpaired) electrons. The third kappa shape index (κ3) is 2.65. The first-order valence-corrected chi connectivity index (χ1v) is 10.3. The molecule has 1 saturated carbocycles. The molecular formula is C20H24F3N5O3. The van der Waals surface area contributed by atoms with Crippen molar-refractivity contribution in [2.45, 2.75) is 69.5 Å². The van der Waals surface area contributed by atoms with Gasteiger partial charge in [0.05, 0.1) is 47.9 Å². The summed E-state index contributed by atoms with van der Waals surface area (Å²) < 4.78 is 49.7. The van der Waals surface area contributed by atoms with Crippen LogP contribution in [0.4, 0.5) is 13.2 Å². The number of imidazole rings is 1. The fourth-order valence-electron chi connectivity index (χ4n) is 5.15. The molecule has 8 nitrogen and oxygen atoms in total. The molecule has 168 valence electrons. The summed E-state index contributed by atoms with van der Waals surface area (Å²) in [4.78, 5) is 15.8. The van der Waals surface area contributed by atoms with Crippen LogP contribution in [0.3, 0.4) is 0 Å². The first-order chi connectivity index (χ1) is 14.4. The number of hydrogen-bond donors (Lipinski definition) is 2. The number of ether oxygens (including phenoxy) is 1. The van der Waals surface area contributed by atoms with Gasteiger partial charge in [-0.05, 0) is 45.6 Å². The molecule has 4 aliphatic rings. The number of carbonyl (C=O) groups is 1. The van der Waals surface area contributed by atoms with Crippen LogP contribution >= 0.6 is 0 Å². The molecule has 1 amide bonds. The van der Waals surface area contributed by atoms with Gasteiger partial charge >= 0.3 is 6.18 Å². The number of carbonyl (C=O) groups excluding carboxylic acids is 1. The molecule has 3 N–H and O–H groups in total. The van der Waals surface area contributed by atoms with Crippen LogP contribution in [0.2, 0.25) is 0 Å². The molecule has 2 aromatic rings. The van der Waals surface area contributed by atoms with Gasteiger partial charge < -0.3 is 20.1 Å². The monoisotopic (exact) mass is 439 g/mol. The fraction of sp³-hybridized carbons (Fsp3) is 0.650. The summed E-state index contributed by atoms with van der Waals surface area (Å²) in [7, 11) is 0. The second kappa shape index (κ2) is 6.10. The maximum Gasteiger partial charge on any atom is 0.424 e. The summed E-state index contributed by atoms with van der Waals surface area (Å²) in [5, 5.41) is 14.9. The van der Waals surface area contributed by atoms with Crippen molar-refractivity contribution < 1.29 is 27.8 Å². The lowest BCUT2D eigenvalue weighted by Gasteiger charge is -2.50. The Labute approximate surface area is 176 Å². The second-order valence-corrected chi connectivity index (χ2v) is 9.28. The maximum atomic E-state index is 13.5. The molecule has 0 spiro atoms. The van der Waals surface area contributed by atoms with Crippen molar-refractivity contribution in [3.63, 3.8) is 0 Å². The Morgan fingerprint density at radius 3 is 2.52 bits per heavy atom. The number of alkyl halides is 3. The zero-order valence-corrected chi connectivity index (χ0v) is 17.2. The number of primary amides is 1. The molecule has 3 fully saturated rings. The summed E-state index contributed by atoms with van der Waals surface area (Å²) in [6.45, 7) is 3.07. The molecule has 0 unspecified atom stereocenters. The van der Waals surface area contributed by atoms with Crippen molar-refractivity contribution in [3.8, 4) is 11.4 Å². The van der Waals surface area contributed by atoms with Crippen LogP contribution in [-0.2, 0) is 27.3 Å². The number of nitrogens with two attached hydrogens (primary N) is 1. The van der Waals surface area contributed by atoms with Gasteiger partial charge in [-0.3, -0.25) is 9.48 Å². The van der Waals surface area contributed by atoms with Gasteiger partial charge in [0.1, 0.15) is 5.60 Å². The first kappa shape index (κ1) is 20.5. The van der Waals surface area contributed by atoms with Gasteiger partial charge in [0.25, 0.3) is 0 Å². The average Bonchev–Trinajstić information content (AvgIpc) is 3.33. The molecule has 2 aromatic heterocycles. The number of hydrogen-bond acceptors (Lipinski definition) is 5. The highest BCUT2D eigenvalue weighted by atomic mass is 19.4. The van der Waals surface area contributed by atoms with Crippen LogP contribution in [-0.4, -0.2) is 43.1 Å². The highest BCUT2D eigenvalue weighted by Crippen LogP contribution is 2.54. The number of amides is 1. The Morgan fingerprint density at radius 1 is 1.29 bits per heavy atom. The molecule has 31 heavy (non-hydrogen) atoms. The highest BCUT2D eigenvalue weighted by Gasteiger charge is 2.56. The van der Waals surface area contributed by atoms with Crippen molar-refractivity contribution in [2.75, 3.05) is 6.61 Å². The third-order valence-electron chi connectivity index (χ3n) is 7.33. The Bertz CT molecular complexity index is 1050. The Balaban J connectivity index is 1.54. The molecule has 11 heteroatoms. The van der Waals surface area contributed by atoms with Gasteiger partial charge in [-0.1, -0.05) is 0 Å². The van der Waals surface area contributed by atoms with Crippen LogP contribution in [0.5, 0.6) is 0 Å². The van der Waals surface area contributed by atoms with Gasteiger partial charge in [-0.25, -0.2) is 4.98 Å². The summed E-state index contributed by atoms with van der Waals surface area (Å²) in [6, 6.07) is 1.44. The summed E-state index contributed by atoms with van der Waals surface area (Å²) in [5.74, 6) is -0.778. The van der Waals surface area contributed by atoms with E-state index in [-0.39, 0.29) is 18.6 Å². The lowest BCUT2D eigenvalue weighted by molar-refractivity contribution is -0.262. The fourth-order valence-corrected chi connectivity index (χ4v) is 5.15. The van der Waals surface area contributed by atoms with E-state index in [1.54, 1.807) is 11.6 Å². The minimum absolute atomic E-state index is 0.247. The molecule has 1 aliphatic carbocycles. The van der Waals surface area contributed by atoms with Gasteiger partial charge in [0, 0.05) is 0 Å². The molecular weight excluding hydrogens is 415 g/mol. The van der Waals surface area contributed by atoms with Crippen LogP contribution in [0.25, 0.3) is 11.4 Å². The number of aromatic nitrogens is 4. The number of fused-ring (bicyclic) bond motifs is 6. The van der Waals surface area contributed by atoms with Crippen LogP contribution in [0.1, 0.15) is 57.1 Å². The van der Waals surface area contributed by atoms with Crippen LogP contribution in [0, 0.1) is 5.41 Å². The maximum absolute atomic E-state index is 13.5. The molecule has 2 atom stereocenters. The summed E-state index contributed by atoms with van der Waals surface area (Å²) in [5.41, 5.74) is 3.06. The Kier molecular flexibility index (Phi) is 4.03. The molecule has 2 bridgehead atoms. The number of halogens is 3. The number of nitrogens with zero attached hydrogens (tertiary/aromatic N) is 4. The van der Waals surface area contributed by atoms with E-state index < -0.39 is 28.6 Å². The Morgan fingerprint density at radius 2 is 1.97 bits per heavy atom. The van der Waals surface area contributed by atoms with E-state index in [1.807, 2.05) is 6.07 Å². The zero-order valence-electron chi connectivity index (χ0n) is 17.2. The number of aliphatic hydroxyl groups is 1. The van der Waals surface area contributed by atoms with Gasteiger partial charge in [0.15, 0.2) is 5.82 Å². The SMILES string of the molecule is C[C@H]1Cn2nc(C34CCC(C(N)=O)(CC3)CO4)cc2-c2cnc([C@@](C)(O)C(F)(F)F)n21. The van der Waals surface area contributed by atoms with Crippen molar-refractivity contribution in [2.24, 2.45) is 11.1 Å². The quantitative estimate of drug-likeness (QED) is 0.763. The smallest absolute Gasteiger partial charge is 0.374 e. The van der Waals surface area contributed by atoms with E-state index in [0.717, 1.165) is 0 Å².